The lowest BCUT2D eigenvalue weighted by Gasteiger charge is -2.17. The maximum atomic E-state index is 11.8. The van der Waals surface area contributed by atoms with Gasteiger partial charge in [-0.15, -0.1) is 0 Å². The lowest BCUT2D eigenvalue weighted by molar-refractivity contribution is -0.152. The second-order valence-electron chi connectivity index (χ2n) is 4.51. The van der Waals surface area contributed by atoms with Crippen LogP contribution < -0.4 is 5.73 Å². The largest absolute Gasteiger partial charge is 0.460 e. The van der Waals surface area contributed by atoms with Gasteiger partial charge in [-0.05, 0) is 25.3 Å². The molecule has 1 aromatic carbocycles. The van der Waals surface area contributed by atoms with Crippen molar-refractivity contribution in [1.29, 1.82) is 0 Å². The van der Waals surface area contributed by atoms with Crippen LogP contribution in [0.4, 0.5) is 0 Å². The Kier molecular flexibility index (Phi) is 2.97. The molecule has 0 amide bonds. The fourth-order valence-corrected chi connectivity index (χ4v) is 1.85. The molecule has 0 aliphatic heterocycles. The van der Waals surface area contributed by atoms with E-state index in [1.54, 1.807) is 0 Å². The summed E-state index contributed by atoms with van der Waals surface area (Å²) >= 11 is 0. The highest BCUT2D eigenvalue weighted by Crippen LogP contribution is 2.49. The summed E-state index contributed by atoms with van der Waals surface area (Å²) in [5.41, 5.74) is 6.42. The molecule has 0 spiro atoms. The van der Waals surface area contributed by atoms with E-state index < -0.39 is 5.41 Å². The van der Waals surface area contributed by atoms with Crippen LogP contribution in [0.1, 0.15) is 25.3 Å². The van der Waals surface area contributed by atoms with Crippen molar-refractivity contribution in [2.75, 3.05) is 0 Å². The Morgan fingerprint density at radius 2 is 2.06 bits per heavy atom. The van der Waals surface area contributed by atoms with E-state index in [2.05, 4.69) is 0 Å². The zero-order chi connectivity index (χ0) is 11.6. The lowest BCUT2D eigenvalue weighted by atomic mass is 9.99. The average Bonchev–Trinajstić information content (AvgIpc) is 3.08. The van der Waals surface area contributed by atoms with Gasteiger partial charge in [0, 0.05) is 6.04 Å². The Hall–Kier alpha value is -1.35. The number of carbonyl (C=O) groups is 1. The summed E-state index contributed by atoms with van der Waals surface area (Å²) in [5.74, 6) is -0.147. The smallest absolute Gasteiger partial charge is 0.313 e. The molecule has 0 unspecified atom stereocenters. The molecule has 1 aliphatic carbocycles. The Labute approximate surface area is 95.6 Å². The van der Waals surface area contributed by atoms with Crippen molar-refractivity contribution in [3.05, 3.63) is 35.9 Å². The molecule has 2 rings (SSSR count). The zero-order valence-electron chi connectivity index (χ0n) is 9.48. The molecule has 0 heterocycles. The van der Waals surface area contributed by atoms with Gasteiger partial charge in [-0.1, -0.05) is 30.3 Å². The normalized spacial score (nSPS) is 18.9. The third-order valence-electron chi connectivity index (χ3n) is 3.28. The lowest BCUT2D eigenvalue weighted by Crippen LogP contribution is -2.35. The van der Waals surface area contributed by atoms with Crippen LogP contribution in [0.25, 0.3) is 0 Å². The van der Waals surface area contributed by atoms with Crippen LogP contribution in [-0.2, 0) is 16.1 Å². The van der Waals surface area contributed by atoms with Crippen LogP contribution >= 0.6 is 0 Å². The highest BCUT2D eigenvalue weighted by molar-refractivity contribution is 5.80. The molecular formula is C13H17NO2. The summed E-state index contributed by atoms with van der Waals surface area (Å²) in [6.45, 7) is 2.21. The van der Waals surface area contributed by atoms with Crippen LogP contribution in [0.15, 0.2) is 30.3 Å². The van der Waals surface area contributed by atoms with Gasteiger partial charge < -0.3 is 10.5 Å². The summed E-state index contributed by atoms with van der Waals surface area (Å²) in [4.78, 5) is 11.8. The summed E-state index contributed by atoms with van der Waals surface area (Å²) in [7, 11) is 0. The highest BCUT2D eigenvalue weighted by atomic mass is 16.5. The number of benzene rings is 1. The Bertz CT molecular complexity index is 369. The first-order valence-electron chi connectivity index (χ1n) is 5.62. The minimum atomic E-state index is -0.394. The van der Waals surface area contributed by atoms with E-state index in [1.165, 1.54) is 0 Å². The van der Waals surface area contributed by atoms with Gasteiger partial charge in [-0.25, -0.2) is 0 Å². The first-order chi connectivity index (χ1) is 7.65. The number of nitrogens with two attached hydrogens (primary N) is 1. The van der Waals surface area contributed by atoms with Gasteiger partial charge in [-0.2, -0.15) is 0 Å². The average molecular weight is 219 g/mol. The third kappa shape index (κ3) is 2.09. The van der Waals surface area contributed by atoms with E-state index in [0.717, 1.165) is 18.4 Å². The fourth-order valence-electron chi connectivity index (χ4n) is 1.85. The molecule has 0 bridgehead atoms. The Morgan fingerprint density at radius 3 is 2.56 bits per heavy atom. The van der Waals surface area contributed by atoms with Crippen molar-refractivity contribution in [1.82, 2.24) is 0 Å². The van der Waals surface area contributed by atoms with E-state index in [1.807, 2.05) is 37.3 Å². The van der Waals surface area contributed by atoms with Crippen LogP contribution in [-0.4, -0.2) is 12.0 Å². The van der Waals surface area contributed by atoms with E-state index >= 15 is 0 Å². The zero-order valence-corrected chi connectivity index (χ0v) is 9.48. The van der Waals surface area contributed by atoms with Gasteiger partial charge in [-0.3, -0.25) is 4.79 Å². The number of esters is 1. The third-order valence-corrected chi connectivity index (χ3v) is 3.28. The molecular weight excluding hydrogens is 202 g/mol. The molecule has 1 saturated carbocycles. The van der Waals surface area contributed by atoms with E-state index in [9.17, 15) is 4.79 Å². The van der Waals surface area contributed by atoms with Crippen LogP contribution in [0, 0.1) is 5.41 Å². The first kappa shape index (κ1) is 11.1. The van der Waals surface area contributed by atoms with Gasteiger partial charge in [0.1, 0.15) is 6.61 Å². The molecule has 1 aliphatic rings. The van der Waals surface area contributed by atoms with Crippen molar-refractivity contribution in [3.63, 3.8) is 0 Å². The minimum Gasteiger partial charge on any atom is -0.460 e. The molecule has 3 heteroatoms. The predicted octanol–water partition coefficient (Wildman–Crippen LogP) is 1.86. The standard InChI is InChI=1S/C13H17NO2/c1-10(14)13(7-8-13)12(15)16-9-11-5-3-2-4-6-11/h2-6,10H,7-9,14H2,1H3/t10-/m0/s1. The second-order valence-corrected chi connectivity index (χ2v) is 4.51. The van der Waals surface area contributed by atoms with Gasteiger partial charge in [0.2, 0.25) is 0 Å². The van der Waals surface area contributed by atoms with Gasteiger partial charge in [0.15, 0.2) is 0 Å². The van der Waals surface area contributed by atoms with Gasteiger partial charge >= 0.3 is 5.97 Å². The van der Waals surface area contributed by atoms with E-state index in [4.69, 9.17) is 10.5 Å². The number of rotatable bonds is 4. The van der Waals surface area contributed by atoms with Crippen LogP contribution in [0.5, 0.6) is 0 Å². The second kappa shape index (κ2) is 4.26. The maximum Gasteiger partial charge on any atom is 0.313 e. The van der Waals surface area contributed by atoms with Crippen molar-refractivity contribution in [3.8, 4) is 0 Å². The molecule has 1 fully saturated rings. The molecule has 1 atom stereocenters. The molecule has 0 radical (unpaired) electrons. The van der Waals surface area contributed by atoms with E-state index in [-0.39, 0.29) is 12.0 Å². The van der Waals surface area contributed by atoms with Gasteiger partial charge in [0.25, 0.3) is 0 Å². The summed E-state index contributed by atoms with van der Waals surface area (Å²) in [5, 5.41) is 0. The molecule has 0 aromatic heterocycles. The Balaban J connectivity index is 1.90. The number of ether oxygens (including phenoxy) is 1. The van der Waals surface area contributed by atoms with E-state index in [0.29, 0.717) is 6.61 Å². The van der Waals surface area contributed by atoms with Gasteiger partial charge in [0.05, 0.1) is 5.41 Å². The first-order valence-corrected chi connectivity index (χ1v) is 5.62. The number of hydrogen-bond acceptors (Lipinski definition) is 3. The number of hydrogen-bond donors (Lipinski definition) is 1. The quantitative estimate of drug-likeness (QED) is 0.786. The van der Waals surface area contributed by atoms with Crippen LogP contribution in [0.3, 0.4) is 0 Å². The van der Waals surface area contributed by atoms with Crippen molar-refractivity contribution in [2.24, 2.45) is 11.1 Å². The monoisotopic (exact) mass is 219 g/mol. The topological polar surface area (TPSA) is 52.3 Å². The van der Waals surface area contributed by atoms with Crippen LogP contribution in [0.2, 0.25) is 0 Å². The fraction of sp³-hybridized carbons (Fsp3) is 0.462. The molecule has 16 heavy (non-hydrogen) atoms. The SMILES string of the molecule is C[C@H](N)C1(C(=O)OCc2ccccc2)CC1. The van der Waals surface area contributed by atoms with Crippen molar-refractivity contribution >= 4 is 5.97 Å². The molecule has 2 N–H and O–H groups in total. The number of carbonyl (C=O) groups excluding carboxylic acids is 1. The molecule has 86 valence electrons. The Morgan fingerprint density at radius 1 is 1.44 bits per heavy atom. The summed E-state index contributed by atoms with van der Waals surface area (Å²) < 4.78 is 5.30. The molecule has 1 aromatic rings. The molecule has 3 nitrogen and oxygen atoms in total. The summed E-state index contributed by atoms with van der Waals surface area (Å²) in [6, 6.07) is 9.58. The van der Waals surface area contributed by atoms with Crippen molar-refractivity contribution in [2.45, 2.75) is 32.4 Å². The predicted molar refractivity (Wildman–Crippen MR) is 61.6 cm³/mol. The maximum absolute atomic E-state index is 11.8. The minimum absolute atomic E-state index is 0.115. The summed E-state index contributed by atoms with van der Waals surface area (Å²) in [6.07, 6.45) is 1.72. The highest BCUT2D eigenvalue weighted by Gasteiger charge is 2.54. The molecule has 0 saturated heterocycles. The van der Waals surface area contributed by atoms with Crippen molar-refractivity contribution < 1.29 is 9.53 Å².